The first-order chi connectivity index (χ1) is 7.19. The van der Waals surface area contributed by atoms with Crippen LogP contribution in [0.2, 0.25) is 0 Å². The molecule has 0 aliphatic rings. The van der Waals surface area contributed by atoms with Gasteiger partial charge in [-0.25, -0.2) is 0 Å². The predicted molar refractivity (Wildman–Crippen MR) is 65.0 cm³/mol. The molecule has 3 nitrogen and oxygen atoms in total. The lowest BCUT2D eigenvalue weighted by Gasteiger charge is -2.20. The minimum atomic E-state index is 0.206. The SMILES string of the molecule is CCC(CCO)Nc1c(C)cccc1N. The Morgan fingerprint density at radius 1 is 1.47 bits per heavy atom. The average molecular weight is 208 g/mol. The first-order valence-electron chi connectivity index (χ1n) is 5.41. The van der Waals surface area contributed by atoms with Crippen molar-refractivity contribution in [2.45, 2.75) is 32.7 Å². The van der Waals surface area contributed by atoms with Crippen LogP contribution in [0.25, 0.3) is 0 Å². The molecule has 1 aromatic carbocycles. The summed E-state index contributed by atoms with van der Waals surface area (Å²) in [5, 5.41) is 12.3. The van der Waals surface area contributed by atoms with Gasteiger partial charge in [0.1, 0.15) is 0 Å². The topological polar surface area (TPSA) is 58.3 Å². The highest BCUT2D eigenvalue weighted by Crippen LogP contribution is 2.24. The smallest absolute Gasteiger partial charge is 0.0605 e. The number of nitrogen functional groups attached to an aromatic ring is 1. The zero-order chi connectivity index (χ0) is 11.3. The van der Waals surface area contributed by atoms with Crippen LogP contribution in [0.5, 0.6) is 0 Å². The van der Waals surface area contributed by atoms with Gasteiger partial charge in [-0.1, -0.05) is 19.1 Å². The van der Waals surface area contributed by atoms with Crippen molar-refractivity contribution in [3.05, 3.63) is 23.8 Å². The molecule has 1 unspecified atom stereocenters. The predicted octanol–water partition coefficient (Wildman–Crippen LogP) is 2.15. The van der Waals surface area contributed by atoms with Crippen molar-refractivity contribution < 1.29 is 5.11 Å². The van der Waals surface area contributed by atoms with Gasteiger partial charge in [0.05, 0.1) is 11.4 Å². The molecule has 3 heteroatoms. The van der Waals surface area contributed by atoms with Crippen LogP contribution in [-0.4, -0.2) is 17.8 Å². The summed E-state index contributed by atoms with van der Waals surface area (Å²) >= 11 is 0. The lowest BCUT2D eigenvalue weighted by atomic mass is 10.1. The van der Waals surface area contributed by atoms with Crippen molar-refractivity contribution >= 4 is 11.4 Å². The fourth-order valence-electron chi connectivity index (χ4n) is 1.63. The van der Waals surface area contributed by atoms with E-state index in [1.165, 1.54) is 0 Å². The van der Waals surface area contributed by atoms with Crippen molar-refractivity contribution in [1.29, 1.82) is 0 Å². The number of rotatable bonds is 5. The summed E-state index contributed by atoms with van der Waals surface area (Å²) in [7, 11) is 0. The Balaban J connectivity index is 2.78. The number of aliphatic hydroxyl groups is 1. The van der Waals surface area contributed by atoms with Crippen molar-refractivity contribution in [1.82, 2.24) is 0 Å². The molecule has 15 heavy (non-hydrogen) atoms. The van der Waals surface area contributed by atoms with Gasteiger partial charge in [0.25, 0.3) is 0 Å². The van der Waals surface area contributed by atoms with Gasteiger partial charge in [0, 0.05) is 12.6 Å². The summed E-state index contributed by atoms with van der Waals surface area (Å²) in [5.41, 5.74) is 8.81. The Labute approximate surface area is 91.3 Å². The van der Waals surface area contributed by atoms with E-state index in [1.54, 1.807) is 0 Å². The Morgan fingerprint density at radius 3 is 2.73 bits per heavy atom. The second-order valence-electron chi connectivity index (χ2n) is 3.80. The zero-order valence-corrected chi connectivity index (χ0v) is 9.46. The molecule has 0 aliphatic carbocycles. The molecule has 0 bridgehead atoms. The highest BCUT2D eigenvalue weighted by molar-refractivity contribution is 5.70. The first-order valence-corrected chi connectivity index (χ1v) is 5.41. The van der Waals surface area contributed by atoms with Gasteiger partial charge in [0.15, 0.2) is 0 Å². The molecule has 0 aliphatic heterocycles. The van der Waals surface area contributed by atoms with Gasteiger partial charge in [-0.15, -0.1) is 0 Å². The number of aryl methyl sites for hydroxylation is 1. The molecule has 1 aromatic rings. The van der Waals surface area contributed by atoms with E-state index >= 15 is 0 Å². The van der Waals surface area contributed by atoms with Gasteiger partial charge < -0.3 is 16.2 Å². The van der Waals surface area contributed by atoms with E-state index in [9.17, 15) is 0 Å². The molecule has 0 saturated carbocycles. The Bertz CT molecular complexity index is 292. The molecule has 0 spiro atoms. The molecule has 84 valence electrons. The fourth-order valence-corrected chi connectivity index (χ4v) is 1.63. The minimum absolute atomic E-state index is 0.206. The minimum Gasteiger partial charge on any atom is -0.397 e. The number of nitrogens with one attached hydrogen (secondary N) is 1. The van der Waals surface area contributed by atoms with Gasteiger partial charge >= 0.3 is 0 Å². The quantitative estimate of drug-likeness (QED) is 0.650. The molecule has 0 fully saturated rings. The highest BCUT2D eigenvalue weighted by atomic mass is 16.3. The molecule has 0 amide bonds. The van der Waals surface area contributed by atoms with Crippen LogP contribution in [0.4, 0.5) is 11.4 Å². The van der Waals surface area contributed by atoms with Crippen LogP contribution < -0.4 is 11.1 Å². The van der Waals surface area contributed by atoms with Gasteiger partial charge in [-0.05, 0) is 31.4 Å². The average Bonchev–Trinajstić information content (AvgIpc) is 2.22. The summed E-state index contributed by atoms with van der Waals surface area (Å²) in [5.74, 6) is 0. The Kier molecular flexibility index (Phi) is 4.43. The summed E-state index contributed by atoms with van der Waals surface area (Å²) in [6.45, 7) is 4.34. The van der Waals surface area contributed by atoms with Crippen LogP contribution in [0.1, 0.15) is 25.3 Å². The van der Waals surface area contributed by atoms with Crippen LogP contribution in [0, 0.1) is 6.92 Å². The lowest BCUT2D eigenvalue weighted by molar-refractivity contribution is 0.278. The molecule has 4 N–H and O–H groups in total. The van der Waals surface area contributed by atoms with Crippen molar-refractivity contribution in [2.24, 2.45) is 0 Å². The number of para-hydroxylation sites is 1. The number of benzene rings is 1. The number of aliphatic hydroxyl groups excluding tert-OH is 1. The molecule has 1 rings (SSSR count). The number of hydrogen-bond donors (Lipinski definition) is 3. The molecule has 1 atom stereocenters. The second kappa shape index (κ2) is 5.61. The maximum atomic E-state index is 8.91. The summed E-state index contributed by atoms with van der Waals surface area (Å²) in [6.07, 6.45) is 1.73. The maximum Gasteiger partial charge on any atom is 0.0605 e. The summed E-state index contributed by atoms with van der Waals surface area (Å²) in [4.78, 5) is 0. The van der Waals surface area contributed by atoms with E-state index in [0.717, 1.165) is 29.8 Å². The van der Waals surface area contributed by atoms with Crippen LogP contribution in [0.15, 0.2) is 18.2 Å². The Hall–Kier alpha value is -1.22. The molecule has 0 saturated heterocycles. The number of nitrogens with two attached hydrogens (primary N) is 1. The normalized spacial score (nSPS) is 12.5. The van der Waals surface area contributed by atoms with E-state index in [2.05, 4.69) is 12.2 Å². The van der Waals surface area contributed by atoms with Gasteiger partial charge in [-0.3, -0.25) is 0 Å². The third kappa shape index (κ3) is 3.13. The monoisotopic (exact) mass is 208 g/mol. The van der Waals surface area contributed by atoms with E-state index < -0.39 is 0 Å². The first kappa shape index (κ1) is 11.9. The highest BCUT2D eigenvalue weighted by Gasteiger charge is 2.08. The van der Waals surface area contributed by atoms with Gasteiger partial charge in [-0.2, -0.15) is 0 Å². The van der Waals surface area contributed by atoms with Crippen LogP contribution >= 0.6 is 0 Å². The van der Waals surface area contributed by atoms with Crippen molar-refractivity contribution in [2.75, 3.05) is 17.7 Å². The molecule has 0 aromatic heterocycles. The second-order valence-corrected chi connectivity index (χ2v) is 3.80. The van der Waals surface area contributed by atoms with E-state index in [-0.39, 0.29) is 6.61 Å². The zero-order valence-electron chi connectivity index (χ0n) is 9.46. The summed E-state index contributed by atoms with van der Waals surface area (Å²) < 4.78 is 0. The van der Waals surface area contributed by atoms with Gasteiger partial charge in [0.2, 0.25) is 0 Å². The van der Waals surface area contributed by atoms with Crippen LogP contribution in [0.3, 0.4) is 0 Å². The third-order valence-electron chi connectivity index (χ3n) is 2.62. The Morgan fingerprint density at radius 2 is 2.20 bits per heavy atom. The number of anilines is 2. The standard InChI is InChI=1S/C12H20N2O/c1-3-10(7-8-15)14-12-9(2)5-4-6-11(12)13/h4-6,10,14-15H,3,7-8,13H2,1-2H3. The summed E-state index contributed by atoms with van der Waals surface area (Å²) in [6, 6.07) is 6.16. The molecule has 0 radical (unpaired) electrons. The van der Waals surface area contributed by atoms with Crippen molar-refractivity contribution in [3.8, 4) is 0 Å². The fraction of sp³-hybridized carbons (Fsp3) is 0.500. The number of hydrogen-bond acceptors (Lipinski definition) is 3. The van der Waals surface area contributed by atoms with E-state index in [4.69, 9.17) is 10.8 Å². The molecule has 0 heterocycles. The van der Waals surface area contributed by atoms with E-state index in [0.29, 0.717) is 6.04 Å². The molecular weight excluding hydrogens is 188 g/mol. The van der Waals surface area contributed by atoms with E-state index in [1.807, 2.05) is 25.1 Å². The molecular formula is C12H20N2O. The van der Waals surface area contributed by atoms with Crippen LogP contribution in [-0.2, 0) is 0 Å². The third-order valence-corrected chi connectivity index (χ3v) is 2.62. The maximum absolute atomic E-state index is 8.91. The van der Waals surface area contributed by atoms with Crippen molar-refractivity contribution in [3.63, 3.8) is 0 Å². The lowest BCUT2D eigenvalue weighted by Crippen LogP contribution is -2.21. The largest absolute Gasteiger partial charge is 0.397 e.